The standard InChI is InChI=1S/C17H18F3N3O/c1-10-4-3-5-13(8-10)15(21-16(24)12-6-7-12)23-11(2)9-14(22-23)17(18,19)20/h3-5,8-9,12,15H,6-7H2,1-2H3,(H,21,24). The van der Waals surface area contributed by atoms with E-state index in [-0.39, 0.29) is 11.8 Å². The molecule has 2 aromatic rings. The Balaban J connectivity index is 2.00. The maximum absolute atomic E-state index is 12.9. The minimum atomic E-state index is -4.52. The van der Waals surface area contributed by atoms with Crippen molar-refractivity contribution in [1.29, 1.82) is 0 Å². The highest BCUT2D eigenvalue weighted by molar-refractivity contribution is 5.81. The van der Waals surface area contributed by atoms with E-state index >= 15 is 0 Å². The van der Waals surface area contributed by atoms with Crippen LogP contribution in [0.3, 0.4) is 0 Å². The number of halogens is 3. The predicted molar refractivity (Wildman–Crippen MR) is 82.2 cm³/mol. The molecule has 1 N–H and O–H groups in total. The number of benzene rings is 1. The van der Waals surface area contributed by atoms with Crippen molar-refractivity contribution in [2.24, 2.45) is 5.92 Å². The van der Waals surface area contributed by atoms with Gasteiger partial charge >= 0.3 is 6.18 Å². The van der Waals surface area contributed by atoms with Crippen molar-refractivity contribution in [3.05, 3.63) is 52.8 Å². The molecule has 1 aliphatic carbocycles. The fourth-order valence-electron chi connectivity index (χ4n) is 2.61. The molecule has 0 saturated heterocycles. The molecule has 0 aliphatic heterocycles. The molecule has 1 aromatic carbocycles. The summed E-state index contributed by atoms with van der Waals surface area (Å²) in [4.78, 5) is 12.2. The normalized spacial score (nSPS) is 16.0. The van der Waals surface area contributed by atoms with Gasteiger partial charge in [0, 0.05) is 11.6 Å². The van der Waals surface area contributed by atoms with Crippen molar-refractivity contribution in [1.82, 2.24) is 15.1 Å². The number of hydrogen-bond donors (Lipinski definition) is 1. The van der Waals surface area contributed by atoms with Crippen molar-refractivity contribution in [2.75, 3.05) is 0 Å². The van der Waals surface area contributed by atoms with E-state index in [0.717, 1.165) is 24.5 Å². The van der Waals surface area contributed by atoms with Gasteiger partial charge in [-0.25, -0.2) is 4.68 Å². The Morgan fingerprint density at radius 1 is 1.29 bits per heavy atom. The first-order valence-electron chi connectivity index (χ1n) is 7.76. The molecule has 0 bridgehead atoms. The van der Waals surface area contributed by atoms with Crippen LogP contribution in [0, 0.1) is 19.8 Å². The number of carbonyl (C=O) groups excluding carboxylic acids is 1. The molecule has 1 aliphatic rings. The largest absolute Gasteiger partial charge is 0.435 e. The predicted octanol–water partition coefficient (Wildman–Crippen LogP) is 3.59. The highest BCUT2D eigenvalue weighted by Gasteiger charge is 2.36. The topological polar surface area (TPSA) is 46.9 Å². The average molecular weight is 337 g/mol. The van der Waals surface area contributed by atoms with Gasteiger partial charge in [0.1, 0.15) is 6.17 Å². The minimum Gasteiger partial charge on any atom is -0.330 e. The van der Waals surface area contributed by atoms with Crippen molar-refractivity contribution in [3.8, 4) is 0 Å². The summed E-state index contributed by atoms with van der Waals surface area (Å²) in [6.45, 7) is 3.44. The molecule has 1 unspecified atom stereocenters. The van der Waals surface area contributed by atoms with Crippen LogP contribution < -0.4 is 5.32 Å². The van der Waals surface area contributed by atoms with Gasteiger partial charge in [-0.1, -0.05) is 29.8 Å². The molecule has 1 amide bonds. The molecule has 1 aromatic heterocycles. The van der Waals surface area contributed by atoms with Gasteiger partial charge in [0.15, 0.2) is 5.69 Å². The lowest BCUT2D eigenvalue weighted by atomic mass is 10.1. The van der Waals surface area contributed by atoms with E-state index in [1.165, 1.54) is 4.68 Å². The van der Waals surface area contributed by atoms with E-state index in [0.29, 0.717) is 11.3 Å². The van der Waals surface area contributed by atoms with E-state index in [9.17, 15) is 18.0 Å². The van der Waals surface area contributed by atoms with Gasteiger partial charge in [0.2, 0.25) is 5.91 Å². The summed E-state index contributed by atoms with van der Waals surface area (Å²) in [5, 5.41) is 6.54. The number of rotatable bonds is 4. The van der Waals surface area contributed by atoms with Crippen molar-refractivity contribution in [2.45, 2.75) is 39.0 Å². The van der Waals surface area contributed by atoms with Crippen LogP contribution in [-0.4, -0.2) is 15.7 Å². The summed E-state index contributed by atoms with van der Waals surface area (Å²) in [7, 11) is 0. The smallest absolute Gasteiger partial charge is 0.330 e. The number of aromatic nitrogens is 2. The third-order valence-electron chi connectivity index (χ3n) is 4.04. The van der Waals surface area contributed by atoms with Crippen molar-refractivity contribution < 1.29 is 18.0 Å². The van der Waals surface area contributed by atoms with Gasteiger partial charge in [-0.3, -0.25) is 4.79 Å². The van der Waals surface area contributed by atoms with Crippen LogP contribution in [-0.2, 0) is 11.0 Å². The summed E-state index contributed by atoms with van der Waals surface area (Å²) in [6, 6.07) is 8.31. The molecular weight excluding hydrogens is 319 g/mol. The average Bonchev–Trinajstić information content (AvgIpc) is 3.27. The number of carbonyl (C=O) groups is 1. The number of nitrogens with one attached hydrogen (secondary N) is 1. The molecule has 4 nitrogen and oxygen atoms in total. The van der Waals surface area contributed by atoms with Gasteiger partial charge < -0.3 is 5.32 Å². The van der Waals surface area contributed by atoms with Crippen LogP contribution in [0.5, 0.6) is 0 Å². The Morgan fingerprint density at radius 2 is 2.00 bits per heavy atom. The van der Waals surface area contributed by atoms with Crippen LogP contribution in [0.25, 0.3) is 0 Å². The lowest BCUT2D eigenvalue weighted by Crippen LogP contribution is -2.35. The van der Waals surface area contributed by atoms with Crippen LogP contribution in [0.2, 0.25) is 0 Å². The number of alkyl halides is 3. The molecule has 24 heavy (non-hydrogen) atoms. The fourth-order valence-corrected chi connectivity index (χ4v) is 2.61. The van der Waals surface area contributed by atoms with Crippen molar-refractivity contribution in [3.63, 3.8) is 0 Å². The Hall–Kier alpha value is -2.31. The fraction of sp³-hybridized carbons (Fsp3) is 0.412. The molecular formula is C17H18F3N3O. The molecule has 3 rings (SSSR count). The summed E-state index contributed by atoms with van der Waals surface area (Å²) < 4.78 is 40.1. The second-order valence-corrected chi connectivity index (χ2v) is 6.21. The first-order chi connectivity index (χ1) is 11.3. The van der Waals surface area contributed by atoms with Gasteiger partial charge in [0.25, 0.3) is 0 Å². The second-order valence-electron chi connectivity index (χ2n) is 6.21. The zero-order valence-electron chi connectivity index (χ0n) is 13.4. The Bertz CT molecular complexity index is 763. The zero-order valence-corrected chi connectivity index (χ0v) is 13.4. The number of nitrogens with zero attached hydrogens (tertiary/aromatic N) is 2. The SMILES string of the molecule is Cc1cccc(C(NC(=O)C2CC2)n2nc(C(F)(F)F)cc2C)c1. The molecule has 7 heteroatoms. The summed E-state index contributed by atoms with van der Waals surface area (Å²) >= 11 is 0. The van der Waals surface area contributed by atoms with Crippen molar-refractivity contribution >= 4 is 5.91 Å². The van der Waals surface area contributed by atoms with Gasteiger partial charge in [0.05, 0.1) is 0 Å². The van der Waals surface area contributed by atoms with Crippen LogP contribution in [0.15, 0.2) is 30.3 Å². The van der Waals surface area contributed by atoms with Gasteiger partial charge in [-0.15, -0.1) is 0 Å². The maximum Gasteiger partial charge on any atom is 0.435 e. The summed E-state index contributed by atoms with van der Waals surface area (Å²) in [5.41, 5.74) is 1.03. The molecule has 128 valence electrons. The number of aryl methyl sites for hydroxylation is 2. The van der Waals surface area contributed by atoms with Crippen LogP contribution >= 0.6 is 0 Å². The van der Waals surface area contributed by atoms with E-state index in [2.05, 4.69) is 10.4 Å². The summed E-state index contributed by atoms with van der Waals surface area (Å²) in [6.07, 6.45) is -3.64. The van der Waals surface area contributed by atoms with Gasteiger partial charge in [-0.2, -0.15) is 18.3 Å². The second kappa shape index (κ2) is 5.96. The highest BCUT2D eigenvalue weighted by atomic mass is 19.4. The monoisotopic (exact) mass is 337 g/mol. The lowest BCUT2D eigenvalue weighted by molar-refractivity contribution is -0.141. The van der Waals surface area contributed by atoms with E-state index in [1.54, 1.807) is 13.0 Å². The van der Waals surface area contributed by atoms with Crippen LogP contribution in [0.4, 0.5) is 13.2 Å². The van der Waals surface area contributed by atoms with Crippen LogP contribution in [0.1, 0.15) is 41.5 Å². The summed E-state index contributed by atoms with van der Waals surface area (Å²) in [5.74, 6) is -0.194. The molecule has 0 radical (unpaired) electrons. The molecule has 0 spiro atoms. The third-order valence-corrected chi connectivity index (χ3v) is 4.04. The maximum atomic E-state index is 12.9. The molecule has 1 fully saturated rings. The van der Waals surface area contributed by atoms with Gasteiger partial charge in [-0.05, 0) is 38.3 Å². The first-order valence-corrected chi connectivity index (χ1v) is 7.76. The number of amides is 1. The van der Waals surface area contributed by atoms with E-state index in [1.807, 2.05) is 25.1 Å². The highest BCUT2D eigenvalue weighted by Crippen LogP contribution is 2.32. The minimum absolute atomic E-state index is 0.0461. The van der Waals surface area contributed by atoms with E-state index < -0.39 is 18.0 Å². The Labute approximate surface area is 137 Å². The quantitative estimate of drug-likeness (QED) is 0.927. The van der Waals surface area contributed by atoms with E-state index in [4.69, 9.17) is 0 Å². The Morgan fingerprint density at radius 3 is 2.54 bits per heavy atom. The molecule has 1 heterocycles. The molecule has 1 saturated carbocycles. The Kier molecular flexibility index (Phi) is 4.11. The number of hydrogen-bond acceptors (Lipinski definition) is 2. The zero-order chi connectivity index (χ0) is 17.5. The molecule has 1 atom stereocenters. The lowest BCUT2D eigenvalue weighted by Gasteiger charge is -2.22. The third kappa shape index (κ3) is 3.44. The first kappa shape index (κ1) is 16.5.